The molecule has 1 saturated heterocycles. The fourth-order valence-corrected chi connectivity index (χ4v) is 2.18. The predicted octanol–water partition coefficient (Wildman–Crippen LogP) is -0.160. The second-order valence-corrected chi connectivity index (χ2v) is 4.99. The lowest BCUT2D eigenvalue weighted by Crippen LogP contribution is -2.48. The van der Waals surface area contributed by atoms with Crippen LogP contribution in [-0.4, -0.2) is 61.4 Å². The largest absolute Gasteiger partial charge is 0.393 e. The Morgan fingerprint density at radius 3 is 2.94 bits per heavy atom. The van der Waals surface area contributed by atoms with Crippen molar-refractivity contribution < 1.29 is 14.6 Å². The van der Waals surface area contributed by atoms with Gasteiger partial charge in [-0.3, -0.25) is 9.69 Å². The van der Waals surface area contributed by atoms with Gasteiger partial charge in [-0.15, -0.1) is 0 Å². The van der Waals surface area contributed by atoms with Crippen LogP contribution >= 0.6 is 0 Å². The maximum absolute atomic E-state index is 11.7. The lowest BCUT2D eigenvalue weighted by Gasteiger charge is -2.34. The molecule has 1 heterocycles. The molecule has 5 heteroatoms. The standard InChI is InChI=1S/C12H24N2O3/c1-9-6-14(5-4-11(9)15)7-12(16)13-10(2)8-17-3/h9-11,15H,4-8H2,1-3H3,(H,13,16). The van der Waals surface area contributed by atoms with Crippen LogP contribution < -0.4 is 5.32 Å². The van der Waals surface area contributed by atoms with Gasteiger partial charge in [0.25, 0.3) is 0 Å². The maximum Gasteiger partial charge on any atom is 0.234 e. The first-order valence-corrected chi connectivity index (χ1v) is 6.21. The third-order valence-corrected chi connectivity index (χ3v) is 3.14. The van der Waals surface area contributed by atoms with E-state index in [0.29, 0.717) is 13.2 Å². The molecule has 1 aliphatic rings. The van der Waals surface area contributed by atoms with E-state index in [-0.39, 0.29) is 24.0 Å². The number of nitrogens with zero attached hydrogens (tertiary/aromatic N) is 1. The first-order chi connectivity index (χ1) is 8.02. The van der Waals surface area contributed by atoms with Crippen LogP contribution in [0.1, 0.15) is 20.3 Å². The lowest BCUT2D eigenvalue weighted by molar-refractivity contribution is -0.124. The minimum atomic E-state index is -0.221. The Morgan fingerprint density at radius 2 is 2.35 bits per heavy atom. The second kappa shape index (κ2) is 6.93. The number of nitrogens with one attached hydrogen (secondary N) is 1. The van der Waals surface area contributed by atoms with Crippen LogP contribution in [-0.2, 0) is 9.53 Å². The molecule has 0 aromatic rings. The highest BCUT2D eigenvalue weighted by Gasteiger charge is 2.25. The number of aliphatic hydroxyl groups excluding tert-OH is 1. The van der Waals surface area contributed by atoms with Crippen molar-refractivity contribution in [1.29, 1.82) is 0 Å². The van der Waals surface area contributed by atoms with Gasteiger partial charge in [0, 0.05) is 26.2 Å². The van der Waals surface area contributed by atoms with Gasteiger partial charge in [0.05, 0.1) is 19.3 Å². The fourth-order valence-electron chi connectivity index (χ4n) is 2.18. The number of rotatable bonds is 5. The van der Waals surface area contributed by atoms with Gasteiger partial charge in [-0.05, 0) is 19.3 Å². The van der Waals surface area contributed by atoms with E-state index in [2.05, 4.69) is 10.2 Å². The summed E-state index contributed by atoms with van der Waals surface area (Å²) >= 11 is 0. The van der Waals surface area contributed by atoms with E-state index < -0.39 is 0 Å². The predicted molar refractivity (Wildman–Crippen MR) is 65.7 cm³/mol. The summed E-state index contributed by atoms with van der Waals surface area (Å²) < 4.78 is 4.96. The molecule has 0 saturated carbocycles. The Labute approximate surface area is 103 Å². The van der Waals surface area contributed by atoms with E-state index in [0.717, 1.165) is 19.5 Å². The van der Waals surface area contributed by atoms with Gasteiger partial charge in [0.2, 0.25) is 5.91 Å². The summed E-state index contributed by atoms with van der Waals surface area (Å²) in [6.45, 7) is 6.45. The van der Waals surface area contributed by atoms with Crippen molar-refractivity contribution in [3.63, 3.8) is 0 Å². The number of aliphatic hydroxyl groups is 1. The molecule has 3 atom stereocenters. The molecule has 2 N–H and O–H groups in total. The summed E-state index contributed by atoms with van der Waals surface area (Å²) in [6, 6.07) is 0.0419. The van der Waals surface area contributed by atoms with E-state index in [1.54, 1.807) is 7.11 Å². The molecular weight excluding hydrogens is 220 g/mol. The van der Waals surface area contributed by atoms with Gasteiger partial charge in [-0.2, -0.15) is 0 Å². The number of amides is 1. The quantitative estimate of drug-likeness (QED) is 0.705. The van der Waals surface area contributed by atoms with E-state index in [1.807, 2.05) is 13.8 Å². The summed E-state index contributed by atoms with van der Waals surface area (Å²) in [6.07, 6.45) is 0.531. The summed E-state index contributed by atoms with van der Waals surface area (Å²) in [5, 5.41) is 12.5. The first kappa shape index (κ1) is 14.4. The zero-order chi connectivity index (χ0) is 12.8. The minimum absolute atomic E-state index is 0.0261. The van der Waals surface area contributed by atoms with Gasteiger partial charge < -0.3 is 15.2 Å². The number of likely N-dealkylation sites (tertiary alicyclic amines) is 1. The van der Waals surface area contributed by atoms with Crippen molar-refractivity contribution in [2.45, 2.75) is 32.4 Å². The SMILES string of the molecule is COCC(C)NC(=O)CN1CCC(O)C(C)C1. The molecular formula is C12H24N2O3. The van der Waals surface area contributed by atoms with Crippen molar-refractivity contribution >= 4 is 5.91 Å². The van der Waals surface area contributed by atoms with E-state index in [4.69, 9.17) is 4.74 Å². The van der Waals surface area contributed by atoms with Crippen molar-refractivity contribution in [3.8, 4) is 0 Å². The summed E-state index contributed by atoms with van der Waals surface area (Å²) in [4.78, 5) is 13.8. The maximum atomic E-state index is 11.7. The van der Waals surface area contributed by atoms with Crippen molar-refractivity contribution in [2.75, 3.05) is 33.4 Å². The molecule has 0 aliphatic carbocycles. The molecule has 0 radical (unpaired) electrons. The highest BCUT2D eigenvalue weighted by Crippen LogP contribution is 2.15. The number of carbonyl (C=O) groups excluding carboxylic acids is 1. The summed E-state index contributed by atoms with van der Waals surface area (Å²) in [5.41, 5.74) is 0. The van der Waals surface area contributed by atoms with Crippen LogP contribution in [0.2, 0.25) is 0 Å². The van der Waals surface area contributed by atoms with Crippen LogP contribution in [0.4, 0.5) is 0 Å². The Balaban J connectivity index is 2.27. The number of methoxy groups -OCH3 is 1. The van der Waals surface area contributed by atoms with Crippen LogP contribution in [0.25, 0.3) is 0 Å². The molecule has 3 unspecified atom stereocenters. The number of hydrogen-bond donors (Lipinski definition) is 2. The third kappa shape index (κ3) is 5.02. The molecule has 100 valence electrons. The molecule has 1 aliphatic heterocycles. The lowest BCUT2D eigenvalue weighted by atomic mass is 9.97. The second-order valence-electron chi connectivity index (χ2n) is 4.99. The highest BCUT2D eigenvalue weighted by molar-refractivity contribution is 5.78. The number of ether oxygens (including phenoxy) is 1. The molecule has 0 aromatic carbocycles. The zero-order valence-corrected chi connectivity index (χ0v) is 11.0. The van der Waals surface area contributed by atoms with Gasteiger partial charge >= 0.3 is 0 Å². The summed E-state index contributed by atoms with van der Waals surface area (Å²) in [7, 11) is 1.62. The molecule has 0 spiro atoms. The Morgan fingerprint density at radius 1 is 1.65 bits per heavy atom. The molecule has 1 amide bonds. The van der Waals surface area contributed by atoms with Gasteiger partial charge in [-0.25, -0.2) is 0 Å². The average molecular weight is 244 g/mol. The third-order valence-electron chi connectivity index (χ3n) is 3.14. The monoisotopic (exact) mass is 244 g/mol. The van der Waals surface area contributed by atoms with Crippen molar-refractivity contribution in [1.82, 2.24) is 10.2 Å². The highest BCUT2D eigenvalue weighted by atomic mass is 16.5. The Bertz CT molecular complexity index is 248. The Hall–Kier alpha value is -0.650. The Kier molecular flexibility index (Phi) is 5.88. The van der Waals surface area contributed by atoms with Gasteiger partial charge in [0.15, 0.2) is 0 Å². The van der Waals surface area contributed by atoms with Crippen molar-refractivity contribution in [3.05, 3.63) is 0 Å². The molecule has 17 heavy (non-hydrogen) atoms. The average Bonchev–Trinajstić information content (AvgIpc) is 2.23. The topological polar surface area (TPSA) is 61.8 Å². The van der Waals surface area contributed by atoms with E-state index in [9.17, 15) is 9.90 Å². The smallest absolute Gasteiger partial charge is 0.234 e. The number of hydrogen-bond acceptors (Lipinski definition) is 4. The zero-order valence-electron chi connectivity index (χ0n) is 11.0. The minimum Gasteiger partial charge on any atom is -0.393 e. The number of carbonyl (C=O) groups is 1. The van der Waals surface area contributed by atoms with Crippen LogP contribution in [0.15, 0.2) is 0 Å². The molecule has 0 bridgehead atoms. The van der Waals surface area contributed by atoms with Gasteiger partial charge in [0.1, 0.15) is 0 Å². The van der Waals surface area contributed by atoms with E-state index >= 15 is 0 Å². The van der Waals surface area contributed by atoms with Crippen LogP contribution in [0, 0.1) is 5.92 Å². The van der Waals surface area contributed by atoms with Crippen LogP contribution in [0.3, 0.4) is 0 Å². The van der Waals surface area contributed by atoms with Crippen LogP contribution in [0.5, 0.6) is 0 Å². The fraction of sp³-hybridized carbons (Fsp3) is 0.917. The van der Waals surface area contributed by atoms with Gasteiger partial charge in [-0.1, -0.05) is 6.92 Å². The first-order valence-electron chi connectivity index (χ1n) is 6.21. The normalized spacial score (nSPS) is 27.8. The molecule has 1 fully saturated rings. The molecule has 5 nitrogen and oxygen atoms in total. The number of piperidine rings is 1. The molecule has 0 aromatic heterocycles. The molecule has 1 rings (SSSR count). The van der Waals surface area contributed by atoms with E-state index in [1.165, 1.54) is 0 Å². The van der Waals surface area contributed by atoms with Crippen molar-refractivity contribution in [2.24, 2.45) is 5.92 Å². The summed E-state index contributed by atoms with van der Waals surface area (Å²) in [5.74, 6) is 0.270.